The molecule has 1 fully saturated rings. The zero-order valence-corrected chi connectivity index (χ0v) is 13.8. The Labute approximate surface area is 140 Å². The van der Waals surface area contributed by atoms with Crippen LogP contribution in [-0.4, -0.2) is 43.9 Å². The number of carbonyl (C=O) groups is 1. The van der Waals surface area contributed by atoms with Crippen LogP contribution in [0.25, 0.3) is 10.9 Å². The fourth-order valence-corrected chi connectivity index (χ4v) is 3.57. The maximum absolute atomic E-state index is 12.6. The van der Waals surface area contributed by atoms with E-state index in [0.717, 1.165) is 36.8 Å². The van der Waals surface area contributed by atoms with Crippen LogP contribution in [0, 0.1) is 6.92 Å². The summed E-state index contributed by atoms with van der Waals surface area (Å²) < 4.78 is 1.79. The van der Waals surface area contributed by atoms with Gasteiger partial charge in [-0.2, -0.15) is 10.2 Å². The second-order valence-corrected chi connectivity index (χ2v) is 6.48. The number of nitrogens with one attached hydrogen (secondary N) is 1. The number of amides is 1. The highest BCUT2D eigenvalue weighted by Crippen LogP contribution is 2.28. The van der Waals surface area contributed by atoms with Crippen LogP contribution in [0.3, 0.4) is 0 Å². The Kier molecular flexibility index (Phi) is 3.80. The highest BCUT2D eigenvalue weighted by molar-refractivity contribution is 5.82. The molecule has 3 aromatic rings. The van der Waals surface area contributed by atoms with Crippen molar-refractivity contribution >= 4 is 16.8 Å². The quantitative estimate of drug-likeness (QED) is 0.805. The minimum Gasteiger partial charge on any atom is -0.341 e. The van der Waals surface area contributed by atoms with Crippen molar-refractivity contribution in [3.63, 3.8) is 0 Å². The molecule has 1 amide bonds. The van der Waals surface area contributed by atoms with Crippen molar-refractivity contribution in [2.24, 2.45) is 0 Å². The zero-order chi connectivity index (χ0) is 16.5. The Morgan fingerprint density at radius 2 is 2.04 bits per heavy atom. The van der Waals surface area contributed by atoms with Crippen molar-refractivity contribution in [3.05, 3.63) is 47.9 Å². The van der Waals surface area contributed by atoms with Gasteiger partial charge in [-0.3, -0.25) is 14.6 Å². The van der Waals surface area contributed by atoms with Crippen molar-refractivity contribution in [2.75, 3.05) is 13.1 Å². The Morgan fingerprint density at radius 1 is 1.25 bits per heavy atom. The molecule has 0 bridgehead atoms. The van der Waals surface area contributed by atoms with Gasteiger partial charge in [-0.1, -0.05) is 18.2 Å². The highest BCUT2D eigenvalue weighted by atomic mass is 16.2. The molecule has 6 nitrogen and oxygen atoms in total. The van der Waals surface area contributed by atoms with E-state index in [1.54, 1.807) is 4.68 Å². The Bertz CT molecular complexity index is 857. The molecule has 0 radical (unpaired) electrons. The number of nitrogens with zero attached hydrogens (tertiary/aromatic N) is 4. The molecule has 1 saturated heterocycles. The second kappa shape index (κ2) is 6.11. The van der Waals surface area contributed by atoms with Gasteiger partial charge >= 0.3 is 0 Å². The molecule has 1 N–H and O–H groups in total. The zero-order valence-electron chi connectivity index (χ0n) is 13.8. The molecule has 6 heteroatoms. The average Bonchev–Trinajstić information content (AvgIpc) is 3.22. The molecular formula is C18H21N5O. The second-order valence-electron chi connectivity index (χ2n) is 6.48. The monoisotopic (exact) mass is 323 g/mol. The van der Waals surface area contributed by atoms with Gasteiger partial charge in [0.25, 0.3) is 0 Å². The summed E-state index contributed by atoms with van der Waals surface area (Å²) in [4.78, 5) is 14.6. The Hall–Kier alpha value is -2.63. The molecule has 1 aromatic carbocycles. The normalized spacial score (nSPS) is 16.0. The van der Waals surface area contributed by atoms with Gasteiger partial charge in [-0.25, -0.2) is 0 Å². The van der Waals surface area contributed by atoms with E-state index >= 15 is 0 Å². The van der Waals surface area contributed by atoms with Crippen molar-refractivity contribution < 1.29 is 4.79 Å². The molecule has 1 aliphatic heterocycles. The van der Waals surface area contributed by atoms with Crippen LogP contribution < -0.4 is 0 Å². The summed E-state index contributed by atoms with van der Waals surface area (Å²) in [6.07, 6.45) is 5.65. The third kappa shape index (κ3) is 2.68. The molecule has 0 saturated carbocycles. The Balaban J connectivity index is 1.40. The van der Waals surface area contributed by atoms with Crippen molar-refractivity contribution in [1.29, 1.82) is 0 Å². The first-order chi connectivity index (χ1) is 11.7. The first kappa shape index (κ1) is 14.9. The number of carbonyl (C=O) groups excluding carboxylic acids is 1. The number of aromatic amines is 1. The number of hydrogen-bond acceptors (Lipinski definition) is 3. The van der Waals surface area contributed by atoms with Gasteiger partial charge in [-0.05, 0) is 31.4 Å². The number of rotatable bonds is 3. The van der Waals surface area contributed by atoms with Crippen molar-refractivity contribution in [3.8, 4) is 0 Å². The summed E-state index contributed by atoms with van der Waals surface area (Å²) >= 11 is 0. The lowest BCUT2D eigenvalue weighted by molar-refractivity contribution is -0.133. The van der Waals surface area contributed by atoms with Crippen molar-refractivity contribution in [1.82, 2.24) is 24.9 Å². The first-order valence-corrected chi connectivity index (χ1v) is 8.40. The molecule has 0 aliphatic carbocycles. The molecule has 4 rings (SSSR count). The summed E-state index contributed by atoms with van der Waals surface area (Å²) in [5, 5.41) is 12.6. The minimum absolute atomic E-state index is 0.142. The van der Waals surface area contributed by atoms with E-state index in [-0.39, 0.29) is 5.91 Å². The maximum atomic E-state index is 12.6. The predicted octanol–water partition coefficient (Wildman–Crippen LogP) is 2.47. The summed E-state index contributed by atoms with van der Waals surface area (Å²) in [7, 11) is 0. The summed E-state index contributed by atoms with van der Waals surface area (Å²) in [6, 6.07) is 7.98. The fourth-order valence-electron chi connectivity index (χ4n) is 3.57. The third-order valence-electron chi connectivity index (χ3n) is 4.96. The number of piperidine rings is 1. The number of para-hydroxylation sites is 1. The van der Waals surface area contributed by atoms with Crippen LogP contribution in [0.4, 0.5) is 0 Å². The number of hydrogen-bond donors (Lipinski definition) is 1. The third-order valence-corrected chi connectivity index (χ3v) is 4.96. The van der Waals surface area contributed by atoms with Crippen LogP contribution in [0.5, 0.6) is 0 Å². The van der Waals surface area contributed by atoms with Crippen LogP contribution in [0.2, 0.25) is 0 Å². The number of aromatic nitrogens is 4. The topological polar surface area (TPSA) is 66.8 Å². The summed E-state index contributed by atoms with van der Waals surface area (Å²) in [6.45, 7) is 3.97. The number of likely N-dealkylation sites (tertiary alicyclic amines) is 1. The van der Waals surface area contributed by atoms with Gasteiger partial charge in [-0.15, -0.1) is 0 Å². The summed E-state index contributed by atoms with van der Waals surface area (Å²) in [5.74, 6) is 0.616. The van der Waals surface area contributed by atoms with E-state index in [0.29, 0.717) is 12.5 Å². The number of H-pyrrole nitrogens is 1. The van der Waals surface area contributed by atoms with E-state index in [2.05, 4.69) is 22.2 Å². The lowest BCUT2D eigenvalue weighted by atomic mass is 9.92. The number of benzene rings is 1. The van der Waals surface area contributed by atoms with Gasteiger partial charge in [0.15, 0.2) is 0 Å². The van der Waals surface area contributed by atoms with Gasteiger partial charge < -0.3 is 4.90 Å². The molecule has 1 aliphatic rings. The standard InChI is InChI=1S/C18H21N5O/c1-13-10-19-21-18(13)14-6-8-22(9-7-14)17(24)12-23-16-5-3-2-4-15(16)11-20-23/h2-5,10-11,14H,6-9,12H2,1H3,(H,19,21). The fraction of sp³-hybridized carbons (Fsp3) is 0.389. The van der Waals surface area contributed by atoms with Crippen molar-refractivity contribution in [2.45, 2.75) is 32.2 Å². The number of aryl methyl sites for hydroxylation is 1. The molecule has 124 valence electrons. The average molecular weight is 323 g/mol. The van der Waals surface area contributed by atoms with Gasteiger partial charge in [0.1, 0.15) is 6.54 Å². The first-order valence-electron chi connectivity index (χ1n) is 8.40. The van der Waals surface area contributed by atoms with Gasteiger partial charge in [0.2, 0.25) is 5.91 Å². The van der Waals surface area contributed by atoms with Crippen LogP contribution in [-0.2, 0) is 11.3 Å². The van der Waals surface area contributed by atoms with Crippen LogP contribution in [0.15, 0.2) is 36.7 Å². The van der Waals surface area contributed by atoms with E-state index in [4.69, 9.17) is 0 Å². The number of fused-ring (bicyclic) bond motifs is 1. The predicted molar refractivity (Wildman–Crippen MR) is 91.6 cm³/mol. The SMILES string of the molecule is Cc1cn[nH]c1C1CCN(C(=O)Cn2ncc3ccccc32)CC1. The van der Waals surface area contributed by atoms with E-state index in [1.807, 2.05) is 41.6 Å². The lowest BCUT2D eigenvalue weighted by Gasteiger charge is -2.31. The van der Waals surface area contributed by atoms with E-state index in [9.17, 15) is 4.79 Å². The molecule has 0 unspecified atom stereocenters. The molecule has 0 spiro atoms. The summed E-state index contributed by atoms with van der Waals surface area (Å²) in [5.41, 5.74) is 3.44. The molecule has 2 aromatic heterocycles. The minimum atomic E-state index is 0.142. The molecule has 0 atom stereocenters. The Morgan fingerprint density at radius 3 is 2.79 bits per heavy atom. The maximum Gasteiger partial charge on any atom is 0.244 e. The molecule has 24 heavy (non-hydrogen) atoms. The molecule has 3 heterocycles. The van der Waals surface area contributed by atoms with Gasteiger partial charge in [0, 0.05) is 30.1 Å². The van der Waals surface area contributed by atoms with Gasteiger partial charge in [0.05, 0.1) is 17.9 Å². The highest BCUT2D eigenvalue weighted by Gasteiger charge is 2.25. The smallest absolute Gasteiger partial charge is 0.244 e. The van der Waals surface area contributed by atoms with E-state index in [1.165, 1.54) is 11.3 Å². The molecular weight excluding hydrogens is 302 g/mol. The van der Waals surface area contributed by atoms with Crippen LogP contribution in [0.1, 0.15) is 30.0 Å². The van der Waals surface area contributed by atoms with E-state index < -0.39 is 0 Å². The van der Waals surface area contributed by atoms with Crippen LogP contribution >= 0.6 is 0 Å². The largest absolute Gasteiger partial charge is 0.341 e. The lowest BCUT2D eigenvalue weighted by Crippen LogP contribution is -2.40.